The fourth-order valence-corrected chi connectivity index (χ4v) is 3.01. The van der Waals surface area contributed by atoms with Crippen molar-refractivity contribution in [3.05, 3.63) is 102 Å². The van der Waals surface area contributed by atoms with Crippen LogP contribution in [-0.2, 0) is 32.0 Å². The number of rotatable bonds is 9. The maximum Gasteiger partial charge on any atom is 0.325 e. The molecule has 0 heterocycles. The molecular weight excluding hydrogens is 392 g/mol. The van der Waals surface area contributed by atoms with Gasteiger partial charge in [0, 0.05) is 5.69 Å². The highest BCUT2D eigenvalue weighted by Gasteiger charge is 2.12. The molecule has 3 aromatic carbocycles. The topological polar surface area (TPSA) is 84.5 Å². The number of hydrogen-bond acceptors (Lipinski definition) is 4. The van der Waals surface area contributed by atoms with Gasteiger partial charge in [0.2, 0.25) is 5.91 Å². The lowest BCUT2D eigenvalue weighted by Gasteiger charge is -2.12. The predicted octanol–water partition coefficient (Wildman–Crippen LogP) is 3.12. The number of benzene rings is 3. The Morgan fingerprint density at radius 3 is 2.03 bits per heavy atom. The summed E-state index contributed by atoms with van der Waals surface area (Å²) >= 11 is 0. The van der Waals surface area contributed by atoms with Gasteiger partial charge in [0.1, 0.15) is 6.54 Å². The zero-order chi connectivity index (χ0) is 21.9. The van der Waals surface area contributed by atoms with E-state index in [1.807, 2.05) is 84.9 Å². The van der Waals surface area contributed by atoms with Crippen molar-refractivity contribution in [1.82, 2.24) is 5.32 Å². The zero-order valence-electron chi connectivity index (χ0n) is 17.0. The zero-order valence-corrected chi connectivity index (χ0v) is 17.0. The molecule has 0 bridgehead atoms. The van der Waals surface area contributed by atoms with Gasteiger partial charge >= 0.3 is 5.97 Å². The summed E-state index contributed by atoms with van der Waals surface area (Å²) in [6.07, 6.45) is 0.845. The van der Waals surface area contributed by atoms with E-state index in [2.05, 4.69) is 10.6 Å². The van der Waals surface area contributed by atoms with E-state index in [0.29, 0.717) is 12.1 Å². The number of carbonyl (C=O) groups is 3. The van der Waals surface area contributed by atoms with Gasteiger partial charge in [-0.15, -0.1) is 0 Å². The summed E-state index contributed by atoms with van der Waals surface area (Å²) in [6.45, 7) is -0.712. The molecule has 0 aliphatic carbocycles. The van der Waals surface area contributed by atoms with E-state index in [1.54, 1.807) is 0 Å². The molecule has 3 aromatic rings. The molecule has 3 rings (SSSR count). The van der Waals surface area contributed by atoms with Gasteiger partial charge < -0.3 is 15.4 Å². The van der Waals surface area contributed by atoms with Crippen LogP contribution in [0.15, 0.2) is 84.9 Å². The van der Waals surface area contributed by atoms with Gasteiger partial charge in [0.15, 0.2) is 6.61 Å². The SMILES string of the molecule is O=C(Cc1ccccc1)NCC(=O)OCC(=O)Nc1ccccc1Cc1ccccc1. The Hall–Kier alpha value is -3.93. The van der Waals surface area contributed by atoms with E-state index in [0.717, 1.165) is 16.7 Å². The number of ether oxygens (including phenoxy) is 1. The van der Waals surface area contributed by atoms with Gasteiger partial charge in [-0.1, -0.05) is 78.9 Å². The van der Waals surface area contributed by atoms with Gasteiger partial charge in [-0.3, -0.25) is 14.4 Å². The first-order valence-electron chi connectivity index (χ1n) is 9.98. The summed E-state index contributed by atoms with van der Waals surface area (Å²) in [5.74, 6) is -1.40. The first kappa shape index (κ1) is 21.8. The molecule has 0 unspecified atom stereocenters. The summed E-state index contributed by atoms with van der Waals surface area (Å²) in [5.41, 5.74) is 3.61. The van der Waals surface area contributed by atoms with Crippen molar-refractivity contribution in [2.24, 2.45) is 0 Å². The second-order valence-electron chi connectivity index (χ2n) is 6.97. The maximum absolute atomic E-state index is 12.2. The largest absolute Gasteiger partial charge is 0.454 e. The minimum absolute atomic E-state index is 0.173. The number of para-hydroxylation sites is 1. The van der Waals surface area contributed by atoms with E-state index >= 15 is 0 Å². The Bertz CT molecular complexity index is 1020. The lowest BCUT2D eigenvalue weighted by Crippen LogP contribution is -2.33. The van der Waals surface area contributed by atoms with Crippen molar-refractivity contribution in [2.45, 2.75) is 12.8 Å². The monoisotopic (exact) mass is 416 g/mol. The van der Waals surface area contributed by atoms with Gasteiger partial charge in [0.05, 0.1) is 6.42 Å². The van der Waals surface area contributed by atoms with E-state index in [1.165, 1.54) is 0 Å². The number of hydrogen-bond donors (Lipinski definition) is 2. The van der Waals surface area contributed by atoms with Crippen molar-refractivity contribution >= 4 is 23.5 Å². The van der Waals surface area contributed by atoms with Crippen LogP contribution < -0.4 is 10.6 Å². The van der Waals surface area contributed by atoms with Crippen LogP contribution in [0.1, 0.15) is 16.7 Å². The van der Waals surface area contributed by atoms with Crippen molar-refractivity contribution < 1.29 is 19.1 Å². The van der Waals surface area contributed by atoms with Crippen LogP contribution in [0, 0.1) is 0 Å². The molecule has 6 nitrogen and oxygen atoms in total. The smallest absolute Gasteiger partial charge is 0.325 e. The van der Waals surface area contributed by atoms with Gasteiger partial charge in [-0.2, -0.15) is 0 Å². The van der Waals surface area contributed by atoms with Crippen molar-refractivity contribution in [3.63, 3.8) is 0 Å². The minimum atomic E-state index is -0.672. The van der Waals surface area contributed by atoms with E-state index in [9.17, 15) is 14.4 Å². The fraction of sp³-hybridized carbons (Fsp3) is 0.160. The number of carbonyl (C=O) groups excluding carboxylic acids is 3. The molecule has 158 valence electrons. The molecule has 31 heavy (non-hydrogen) atoms. The van der Waals surface area contributed by atoms with Crippen LogP contribution >= 0.6 is 0 Å². The summed E-state index contributed by atoms with van der Waals surface area (Å²) < 4.78 is 4.97. The molecule has 0 aliphatic heterocycles. The molecule has 6 heteroatoms. The molecule has 0 aromatic heterocycles. The summed E-state index contributed by atoms with van der Waals surface area (Å²) in [6, 6.07) is 26.6. The molecule has 0 saturated carbocycles. The summed E-state index contributed by atoms with van der Waals surface area (Å²) in [5, 5.41) is 5.28. The molecule has 0 saturated heterocycles. The summed E-state index contributed by atoms with van der Waals surface area (Å²) in [7, 11) is 0. The lowest BCUT2D eigenvalue weighted by atomic mass is 10.0. The molecule has 0 spiro atoms. The third-order valence-electron chi connectivity index (χ3n) is 4.53. The summed E-state index contributed by atoms with van der Waals surface area (Å²) in [4.78, 5) is 36.0. The molecule has 0 aliphatic rings. The minimum Gasteiger partial charge on any atom is -0.454 e. The van der Waals surface area contributed by atoms with E-state index in [-0.39, 0.29) is 18.9 Å². The molecule has 2 amide bonds. The Morgan fingerprint density at radius 2 is 1.32 bits per heavy atom. The van der Waals surface area contributed by atoms with E-state index in [4.69, 9.17) is 4.74 Å². The second kappa shape index (κ2) is 11.3. The molecule has 0 radical (unpaired) electrons. The number of anilines is 1. The second-order valence-corrected chi connectivity index (χ2v) is 6.97. The van der Waals surface area contributed by atoms with Gasteiger partial charge in [-0.05, 0) is 29.2 Å². The molecule has 0 fully saturated rings. The average molecular weight is 416 g/mol. The fourth-order valence-electron chi connectivity index (χ4n) is 3.01. The number of nitrogens with one attached hydrogen (secondary N) is 2. The van der Waals surface area contributed by atoms with Crippen LogP contribution in [0.5, 0.6) is 0 Å². The van der Waals surface area contributed by atoms with Crippen LogP contribution in [-0.4, -0.2) is 30.9 Å². The Morgan fingerprint density at radius 1 is 0.710 bits per heavy atom. The normalized spacial score (nSPS) is 10.2. The molecule has 0 atom stereocenters. The standard InChI is InChI=1S/C25H24N2O4/c28-23(16-20-11-5-2-6-12-20)26-17-25(30)31-18-24(29)27-22-14-8-7-13-21(22)15-19-9-3-1-4-10-19/h1-14H,15-18H2,(H,26,28)(H,27,29). The quantitative estimate of drug-likeness (QED) is 0.525. The first-order chi connectivity index (χ1) is 15.1. The Kier molecular flexibility index (Phi) is 7.94. The number of esters is 1. The molecular formula is C25H24N2O4. The average Bonchev–Trinajstić information content (AvgIpc) is 2.79. The lowest BCUT2D eigenvalue weighted by molar-refractivity contribution is -0.147. The van der Waals surface area contributed by atoms with Crippen LogP contribution in [0.2, 0.25) is 0 Å². The highest BCUT2D eigenvalue weighted by Crippen LogP contribution is 2.19. The van der Waals surface area contributed by atoms with Crippen molar-refractivity contribution in [2.75, 3.05) is 18.5 Å². The third-order valence-corrected chi connectivity index (χ3v) is 4.53. The Balaban J connectivity index is 1.43. The third kappa shape index (κ3) is 7.44. The first-order valence-corrected chi connectivity index (χ1v) is 9.98. The predicted molar refractivity (Wildman–Crippen MR) is 118 cm³/mol. The highest BCUT2D eigenvalue weighted by atomic mass is 16.5. The highest BCUT2D eigenvalue weighted by molar-refractivity contribution is 5.94. The van der Waals surface area contributed by atoms with Crippen molar-refractivity contribution in [3.8, 4) is 0 Å². The van der Waals surface area contributed by atoms with Gasteiger partial charge in [0.25, 0.3) is 5.91 Å². The van der Waals surface area contributed by atoms with Crippen LogP contribution in [0.3, 0.4) is 0 Å². The number of amides is 2. The Labute approximate surface area is 181 Å². The molecule has 2 N–H and O–H groups in total. The van der Waals surface area contributed by atoms with E-state index < -0.39 is 18.5 Å². The van der Waals surface area contributed by atoms with Crippen LogP contribution in [0.4, 0.5) is 5.69 Å². The maximum atomic E-state index is 12.2. The van der Waals surface area contributed by atoms with Crippen LogP contribution in [0.25, 0.3) is 0 Å². The van der Waals surface area contributed by atoms with Gasteiger partial charge in [-0.25, -0.2) is 0 Å². The van der Waals surface area contributed by atoms with Crippen molar-refractivity contribution in [1.29, 1.82) is 0 Å².